The third kappa shape index (κ3) is 4.31. The summed E-state index contributed by atoms with van der Waals surface area (Å²) < 4.78 is 32.6. The number of methoxy groups -OCH3 is 1. The van der Waals surface area contributed by atoms with Gasteiger partial charge in [0.15, 0.2) is 0 Å². The molecule has 1 atom stereocenters. The van der Waals surface area contributed by atoms with Crippen LogP contribution in [0.5, 0.6) is 5.75 Å². The van der Waals surface area contributed by atoms with E-state index in [-0.39, 0.29) is 22.6 Å². The minimum Gasteiger partial charge on any atom is -0.495 e. The number of nitrogens with one attached hydrogen (secondary N) is 1. The molecule has 0 fully saturated rings. The van der Waals surface area contributed by atoms with E-state index in [0.29, 0.717) is 18.7 Å². The molecule has 2 aromatic carbocycles. The number of amides is 1. The Bertz CT molecular complexity index is 984. The van der Waals surface area contributed by atoms with E-state index in [1.165, 1.54) is 23.0 Å². The topological polar surface area (TPSA) is 75.7 Å². The van der Waals surface area contributed by atoms with Crippen LogP contribution in [0.25, 0.3) is 0 Å². The van der Waals surface area contributed by atoms with Gasteiger partial charge in [-0.05, 0) is 48.6 Å². The molecule has 0 radical (unpaired) electrons. The normalized spacial score (nSPS) is 16.3. The third-order valence-corrected chi connectivity index (χ3v) is 7.49. The van der Waals surface area contributed by atoms with Crippen molar-refractivity contribution in [3.05, 3.63) is 59.2 Å². The summed E-state index contributed by atoms with van der Waals surface area (Å²) in [5.74, 6) is -0.0539. The Morgan fingerprint density at radius 3 is 2.59 bits per heavy atom. The van der Waals surface area contributed by atoms with Crippen LogP contribution in [0.4, 0.5) is 0 Å². The van der Waals surface area contributed by atoms with Crippen molar-refractivity contribution in [3.63, 3.8) is 0 Å². The zero-order valence-electron chi connectivity index (χ0n) is 17.1. The Labute approximate surface area is 172 Å². The van der Waals surface area contributed by atoms with Crippen LogP contribution < -0.4 is 10.1 Å². The lowest BCUT2D eigenvalue weighted by atomic mass is 9.87. The quantitative estimate of drug-likeness (QED) is 0.749. The number of hydrogen-bond acceptors (Lipinski definition) is 4. The molecule has 0 heterocycles. The van der Waals surface area contributed by atoms with Gasteiger partial charge in [0, 0.05) is 18.7 Å². The van der Waals surface area contributed by atoms with E-state index < -0.39 is 10.0 Å². The van der Waals surface area contributed by atoms with E-state index in [2.05, 4.69) is 11.4 Å². The summed E-state index contributed by atoms with van der Waals surface area (Å²) in [5, 5.41) is 3.08. The van der Waals surface area contributed by atoms with Gasteiger partial charge in [0.2, 0.25) is 10.0 Å². The SMILES string of the molecule is CCN(CC)S(=O)(=O)c1cc(C(=O)N[C@H]2CCCc3ccccc32)ccc1OC. The maximum absolute atomic E-state index is 13.0. The fraction of sp³-hybridized carbons (Fsp3) is 0.409. The number of hydrogen-bond donors (Lipinski definition) is 1. The first-order chi connectivity index (χ1) is 13.9. The molecule has 1 aliphatic carbocycles. The molecule has 0 unspecified atom stereocenters. The smallest absolute Gasteiger partial charge is 0.251 e. The molecular weight excluding hydrogens is 388 g/mol. The molecule has 0 saturated heterocycles. The molecule has 0 aromatic heterocycles. The van der Waals surface area contributed by atoms with Crippen LogP contribution in [-0.2, 0) is 16.4 Å². The van der Waals surface area contributed by atoms with Crippen LogP contribution in [0.3, 0.4) is 0 Å². The zero-order valence-corrected chi connectivity index (χ0v) is 18.0. The second-order valence-corrected chi connectivity index (χ2v) is 8.98. The standard InChI is InChI=1S/C22H28N2O4S/c1-4-24(5-2)29(26,27)21-15-17(13-14-20(21)28-3)22(25)23-19-12-8-10-16-9-6-7-11-18(16)19/h6-7,9,11,13-15,19H,4-5,8,10,12H2,1-3H3,(H,23,25)/t19-/m0/s1. The highest BCUT2D eigenvalue weighted by Gasteiger charge is 2.28. The van der Waals surface area contributed by atoms with E-state index in [9.17, 15) is 13.2 Å². The zero-order chi connectivity index (χ0) is 21.0. The molecule has 0 spiro atoms. The van der Waals surface area contributed by atoms with Crippen molar-refractivity contribution in [2.75, 3.05) is 20.2 Å². The van der Waals surface area contributed by atoms with Gasteiger partial charge in [0.05, 0.1) is 13.2 Å². The van der Waals surface area contributed by atoms with Gasteiger partial charge in [0.25, 0.3) is 5.91 Å². The number of carbonyl (C=O) groups is 1. The summed E-state index contributed by atoms with van der Waals surface area (Å²) in [4.78, 5) is 13.0. The van der Waals surface area contributed by atoms with Crippen molar-refractivity contribution in [3.8, 4) is 5.75 Å². The largest absolute Gasteiger partial charge is 0.495 e. The van der Waals surface area contributed by atoms with Gasteiger partial charge >= 0.3 is 0 Å². The van der Waals surface area contributed by atoms with Crippen LogP contribution in [0.1, 0.15) is 54.2 Å². The highest BCUT2D eigenvalue weighted by atomic mass is 32.2. The van der Waals surface area contributed by atoms with Gasteiger partial charge in [-0.25, -0.2) is 8.42 Å². The minimum atomic E-state index is -3.75. The van der Waals surface area contributed by atoms with Gasteiger partial charge in [-0.2, -0.15) is 4.31 Å². The van der Waals surface area contributed by atoms with E-state index in [4.69, 9.17) is 4.74 Å². The Kier molecular flexibility index (Phi) is 6.59. The summed E-state index contributed by atoms with van der Waals surface area (Å²) in [6.07, 6.45) is 2.88. The van der Waals surface area contributed by atoms with E-state index >= 15 is 0 Å². The Morgan fingerprint density at radius 1 is 1.17 bits per heavy atom. The van der Waals surface area contributed by atoms with Gasteiger partial charge in [-0.15, -0.1) is 0 Å². The molecule has 1 amide bonds. The van der Waals surface area contributed by atoms with Gasteiger partial charge in [-0.1, -0.05) is 38.1 Å². The summed E-state index contributed by atoms with van der Waals surface area (Å²) in [7, 11) is -2.33. The van der Waals surface area contributed by atoms with Crippen LogP contribution >= 0.6 is 0 Å². The lowest BCUT2D eigenvalue weighted by molar-refractivity contribution is 0.0932. The van der Waals surface area contributed by atoms with Crippen LogP contribution in [-0.4, -0.2) is 38.8 Å². The molecule has 0 saturated carbocycles. The first-order valence-electron chi connectivity index (χ1n) is 9.99. The van der Waals surface area contributed by atoms with Crippen LogP contribution in [0, 0.1) is 0 Å². The fourth-order valence-electron chi connectivity index (χ4n) is 3.87. The van der Waals surface area contributed by atoms with Gasteiger partial charge < -0.3 is 10.1 Å². The molecule has 29 heavy (non-hydrogen) atoms. The summed E-state index contributed by atoms with van der Waals surface area (Å²) in [6.45, 7) is 4.25. The molecular formula is C22H28N2O4S. The first kappa shape index (κ1) is 21.3. The highest BCUT2D eigenvalue weighted by molar-refractivity contribution is 7.89. The molecule has 3 rings (SSSR count). The molecule has 2 aromatic rings. The lowest BCUT2D eigenvalue weighted by Crippen LogP contribution is -2.32. The second-order valence-electron chi connectivity index (χ2n) is 7.07. The second kappa shape index (κ2) is 8.97. The first-order valence-corrected chi connectivity index (χ1v) is 11.4. The van der Waals surface area contributed by atoms with E-state index in [0.717, 1.165) is 24.8 Å². The number of benzene rings is 2. The molecule has 7 heteroatoms. The van der Waals surface area contributed by atoms with Crippen LogP contribution in [0.15, 0.2) is 47.4 Å². The number of sulfonamides is 1. The maximum atomic E-state index is 13.0. The number of carbonyl (C=O) groups excluding carboxylic acids is 1. The minimum absolute atomic E-state index is 0.0143. The summed E-state index contributed by atoms with van der Waals surface area (Å²) in [5.41, 5.74) is 2.69. The van der Waals surface area contributed by atoms with Crippen molar-refractivity contribution in [1.82, 2.24) is 9.62 Å². The predicted molar refractivity (Wildman–Crippen MR) is 113 cm³/mol. The average molecular weight is 417 g/mol. The lowest BCUT2D eigenvalue weighted by Gasteiger charge is -2.26. The summed E-state index contributed by atoms with van der Waals surface area (Å²) in [6, 6.07) is 12.6. The fourth-order valence-corrected chi connectivity index (χ4v) is 5.51. The number of nitrogens with zero attached hydrogens (tertiary/aromatic N) is 1. The molecule has 1 aliphatic rings. The molecule has 0 aliphatic heterocycles. The monoisotopic (exact) mass is 416 g/mol. The molecule has 6 nitrogen and oxygen atoms in total. The average Bonchev–Trinajstić information content (AvgIpc) is 2.74. The van der Waals surface area contributed by atoms with Crippen molar-refractivity contribution in [2.24, 2.45) is 0 Å². The third-order valence-electron chi connectivity index (χ3n) is 5.42. The number of fused-ring (bicyclic) bond motifs is 1. The molecule has 156 valence electrons. The van der Waals surface area contributed by atoms with Crippen LogP contribution in [0.2, 0.25) is 0 Å². The van der Waals surface area contributed by atoms with E-state index in [1.807, 2.05) is 18.2 Å². The molecule has 1 N–H and O–H groups in total. The number of aryl methyl sites for hydroxylation is 1. The Hall–Kier alpha value is -2.38. The summed E-state index contributed by atoms with van der Waals surface area (Å²) >= 11 is 0. The van der Waals surface area contributed by atoms with E-state index in [1.54, 1.807) is 26.0 Å². The predicted octanol–water partition coefficient (Wildman–Crippen LogP) is 3.53. The Balaban J connectivity index is 1.91. The Morgan fingerprint density at radius 2 is 1.90 bits per heavy atom. The van der Waals surface area contributed by atoms with Crippen molar-refractivity contribution < 1.29 is 17.9 Å². The number of ether oxygens (including phenoxy) is 1. The van der Waals surface area contributed by atoms with Gasteiger partial charge in [-0.3, -0.25) is 4.79 Å². The maximum Gasteiger partial charge on any atom is 0.251 e. The highest BCUT2D eigenvalue weighted by Crippen LogP contribution is 2.31. The van der Waals surface area contributed by atoms with Crippen molar-refractivity contribution >= 4 is 15.9 Å². The van der Waals surface area contributed by atoms with Crippen molar-refractivity contribution in [2.45, 2.75) is 44.0 Å². The van der Waals surface area contributed by atoms with Gasteiger partial charge in [0.1, 0.15) is 10.6 Å². The number of rotatable bonds is 7. The molecule has 0 bridgehead atoms. The van der Waals surface area contributed by atoms with Crippen molar-refractivity contribution in [1.29, 1.82) is 0 Å².